The zero-order valence-electron chi connectivity index (χ0n) is 13.5. The normalized spacial score (nSPS) is 10.6. The Morgan fingerprint density at radius 2 is 1.88 bits per heavy atom. The van der Waals surface area contributed by atoms with Crippen molar-refractivity contribution in [3.8, 4) is 11.5 Å². The smallest absolute Gasteiger partial charge is 0.265 e. The molecule has 0 saturated heterocycles. The van der Waals surface area contributed by atoms with Crippen LogP contribution < -0.4 is 5.32 Å². The second-order valence-electron chi connectivity index (χ2n) is 5.50. The Labute approximate surface area is 143 Å². The van der Waals surface area contributed by atoms with Gasteiger partial charge in [-0.15, -0.1) is 11.3 Å². The first kappa shape index (κ1) is 16.1. The van der Waals surface area contributed by atoms with E-state index in [2.05, 4.69) is 10.3 Å². The first-order valence-corrected chi connectivity index (χ1v) is 8.21. The van der Waals surface area contributed by atoms with Crippen LogP contribution in [0.4, 0.5) is 5.69 Å². The number of nitrogens with one attached hydrogen (secondary N) is 1. The molecule has 0 radical (unpaired) electrons. The van der Waals surface area contributed by atoms with Crippen molar-refractivity contribution < 1.29 is 14.0 Å². The number of ketones is 1. The minimum absolute atomic E-state index is 0.0454. The minimum atomic E-state index is -0.245. The molecule has 0 aliphatic heterocycles. The molecule has 2 aromatic heterocycles. The molecule has 2 heterocycles. The lowest BCUT2D eigenvalue weighted by atomic mass is 10.1. The highest BCUT2D eigenvalue weighted by molar-refractivity contribution is 7.16. The average Bonchev–Trinajstić information content (AvgIpc) is 3.18. The minimum Gasteiger partial charge on any atom is -0.444 e. The summed E-state index contributed by atoms with van der Waals surface area (Å²) >= 11 is 1.18. The van der Waals surface area contributed by atoms with Crippen molar-refractivity contribution in [2.45, 2.75) is 20.8 Å². The van der Waals surface area contributed by atoms with Gasteiger partial charge in [0.25, 0.3) is 5.91 Å². The SMILES string of the molecule is CC(=O)c1ccc(C(=O)Nc2ccc(C)c(-c3nc(C)co3)c2)s1. The van der Waals surface area contributed by atoms with Crippen LogP contribution in [0.3, 0.4) is 0 Å². The van der Waals surface area contributed by atoms with Gasteiger partial charge in [-0.3, -0.25) is 9.59 Å². The molecule has 1 aromatic carbocycles. The summed E-state index contributed by atoms with van der Waals surface area (Å²) in [6.45, 7) is 5.30. The number of oxazole rings is 1. The Bertz CT molecular complexity index is 924. The van der Waals surface area contributed by atoms with Gasteiger partial charge in [-0.2, -0.15) is 0 Å². The van der Waals surface area contributed by atoms with E-state index >= 15 is 0 Å². The lowest BCUT2D eigenvalue weighted by Gasteiger charge is -2.07. The zero-order valence-corrected chi connectivity index (χ0v) is 14.4. The molecule has 1 N–H and O–H groups in total. The first-order chi connectivity index (χ1) is 11.4. The number of benzene rings is 1. The largest absolute Gasteiger partial charge is 0.444 e. The fourth-order valence-corrected chi connectivity index (χ4v) is 3.05. The molecule has 1 amide bonds. The number of Topliss-reactive ketones (excluding diaryl/α,β-unsaturated/α-hetero) is 1. The number of carbonyl (C=O) groups excluding carboxylic acids is 2. The van der Waals surface area contributed by atoms with Gasteiger partial charge in [0.1, 0.15) is 6.26 Å². The van der Waals surface area contributed by atoms with Crippen molar-refractivity contribution in [1.29, 1.82) is 0 Å². The van der Waals surface area contributed by atoms with Crippen molar-refractivity contribution in [3.05, 3.63) is 57.6 Å². The van der Waals surface area contributed by atoms with Crippen molar-refractivity contribution in [2.24, 2.45) is 0 Å². The predicted molar refractivity (Wildman–Crippen MR) is 93.7 cm³/mol. The molecule has 122 valence electrons. The Morgan fingerprint density at radius 1 is 1.12 bits per heavy atom. The Balaban J connectivity index is 1.84. The lowest BCUT2D eigenvalue weighted by Crippen LogP contribution is -2.10. The van der Waals surface area contributed by atoms with E-state index in [9.17, 15) is 9.59 Å². The van der Waals surface area contributed by atoms with Gasteiger partial charge < -0.3 is 9.73 Å². The lowest BCUT2D eigenvalue weighted by molar-refractivity contribution is 0.101. The van der Waals surface area contributed by atoms with Crippen molar-refractivity contribution in [2.75, 3.05) is 5.32 Å². The summed E-state index contributed by atoms with van der Waals surface area (Å²) in [4.78, 5) is 29.1. The van der Waals surface area contributed by atoms with Crippen LogP contribution in [0.15, 0.2) is 41.0 Å². The number of hydrogen-bond donors (Lipinski definition) is 1. The van der Waals surface area contributed by atoms with E-state index in [1.165, 1.54) is 18.3 Å². The maximum atomic E-state index is 12.3. The zero-order chi connectivity index (χ0) is 17.3. The summed E-state index contributed by atoms with van der Waals surface area (Å²) in [6, 6.07) is 8.88. The number of carbonyl (C=O) groups is 2. The van der Waals surface area contributed by atoms with Crippen LogP contribution in [0, 0.1) is 13.8 Å². The fourth-order valence-electron chi connectivity index (χ4n) is 2.25. The summed E-state index contributed by atoms with van der Waals surface area (Å²) < 4.78 is 5.45. The number of thiophene rings is 1. The molecule has 5 nitrogen and oxygen atoms in total. The van der Waals surface area contributed by atoms with Crippen LogP contribution in [-0.4, -0.2) is 16.7 Å². The molecule has 0 fully saturated rings. The Morgan fingerprint density at radius 3 is 2.50 bits per heavy atom. The quantitative estimate of drug-likeness (QED) is 0.711. The van der Waals surface area contributed by atoms with Gasteiger partial charge in [-0.05, 0) is 50.6 Å². The molecular weight excluding hydrogens is 324 g/mol. The molecule has 0 spiro atoms. The number of rotatable bonds is 4. The molecule has 24 heavy (non-hydrogen) atoms. The van der Waals surface area contributed by atoms with Crippen LogP contribution in [0.1, 0.15) is 37.5 Å². The molecule has 0 bridgehead atoms. The highest BCUT2D eigenvalue weighted by Crippen LogP contribution is 2.27. The van der Waals surface area contributed by atoms with Crippen molar-refractivity contribution in [3.63, 3.8) is 0 Å². The summed E-state index contributed by atoms with van der Waals surface area (Å²) in [5.41, 5.74) is 3.28. The molecule has 0 atom stereocenters. The van der Waals surface area contributed by atoms with Gasteiger partial charge in [-0.25, -0.2) is 4.98 Å². The molecule has 0 aliphatic carbocycles. The van der Waals surface area contributed by atoms with E-state index in [-0.39, 0.29) is 11.7 Å². The third kappa shape index (κ3) is 3.28. The van der Waals surface area contributed by atoms with Gasteiger partial charge in [0.2, 0.25) is 5.89 Å². The van der Waals surface area contributed by atoms with Gasteiger partial charge in [-0.1, -0.05) is 6.07 Å². The van der Waals surface area contributed by atoms with Gasteiger partial charge in [0.15, 0.2) is 5.78 Å². The summed E-state index contributed by atoms with van der Waals surface area (Å²) in [6.07, 6.45) is 1.59. The van der Waals surface area contributed by atoms with Gasteiger partial charge in [0, 0.05) is 11.3 Å². The van der Waals surface area contributed by atoms with Crippen LogP contribution in [-0.2, 0) is 0 Å². The molecule has 3 aromatic rings. The van der Waals surface area contributed by atoms with E-state index < -0.39 is 0 Å². The first-order valence-electron chi connectivity index (χ1n) is 7.39. The van der Waals surface area contributed by atoms with Crippen LogP contribution in [0.5, 0.6) is 0 Å². The summed E-state index contributed by atoms with van der Waals surface area (Å²) in [5.74, 6) is 0.234. The maximum Gasteiger partial charge on any atom is 0.265 e. The Hall–Kier alpha value is -2.73. The van der Waals surface area contributed by atoms with E-state index in [1.807, 2.05) is 32.0 Å². The molecule has 3 rings (SSSR count). The van der Waals surface area contributed by atoms with Crippen LogP contribution in [0.2, 0.25) is 0 Å². The molecular formula is C18H16N2O3S. The van der Waals surface area contributed by atoms with Gasteiger partial charge >= 0.3 is 0 Å². The predicted octanol–water partition coefficient (Wildman–Crippen LogP) is 4.47. The molecule has 0 aliphatic rings. The summed E-state index contributed by atoms with van der Waals surface area (Å²) in [5, 5.41) is 2.85. The maximum absolute atomic E-state index is 12.3. The highest BCUT2D eigenvalue weighted by Gasteiger charge is 2.14. The third-order valence-electron chi connectivity index (χ3n) is 3.52. The number of hydrogen-bond acceptors (Lipinski definition) is 5. The number of amides is 1. The molecule has 0 saturated carbocycles. The molecule has 6 heteroatoms. The number of aryl methyl sites for hydroxylation is 2. The second kappa shape index (κ2) is 6.41. The van der Waals surface area contributed by atoms with E-state index in [1.54, 1.807) is 18.4 Å². The van der Waals surface area contributed by atoms with E-state index in [4.69, 9.17) is 4.42 Å². The highest BCUT2D eigenvalue weighted by atomic mass is 32.1. The van der Waals surface area contributed by atoms with E-state index in [0.29, 0.717) is 21.3 Å². The van der Waals surface area contributed by atoms with Crippen molar-refractivity contribution in [1.82, 2.24) is 4.98 Å². The summed E-state index contributed by atoms with van der Waals surface area (Å²) in [7, 11) is 0. The van der Waals surface area contributed by atoms with Crippen molar-refractivity contribution >= 4 is 28.7 Å². The monoisotopic (exact) mass is 340 g/mol. The second-order valence-corrected chi connectivity index (χ2v) is 6.58. The Kier molecular flexibility index (Phi) is 4.31. The fraction of sp³-hybridized carbons (Fsp3) is 0.167. The van der Waals surface area contributed by atoms with Gasteiger partial charge in [0.05, 0.1) is 15.4 Å². The third-order valence-corrected chi connectivity index (χ3v) is 4.71. The number of nitrogens with zero attached hydrogens (tertiary/aromatic N) is 1. The molecule has 0 unspecified atom stereocenters. The standard InChI is InChI=1S/C18H16N2O3S/c1-10-4-5-13(8-14(10)18-19-11(2)9-23-18)20-17(22)16-7-6-15(24-16)12(3)21/h4-9H,1-3H3,(H,20,22). The van der Waals surface area contributed by atoms with E-state index in [0.717, 1.165) is 16.8 Å². The number of anilines is 1. The van der Waals surface area contributed by atoms with Crippen LogP contribution in [0.25, 0.3) is 11.5 Å². The van der Waals surface area contributed by atoms with Crippen LogP contribution >= 0.6 is 11.3 Å². The number of aromatic nitrogens is 1. The average molecular weight is 340 g/mol. The topological polar surface area (TPSA) is 72.2 Å².